The van der Waals surface area contributed by atoms with Crippen molar-refractivity contribution >= 4 is 33.7 Å². The summed E-state index contributed by atoms with van der Waals surface area (Å²) in [6.07, 6.45) is 0. The number of aromatic hydroxyl groups is 1. The highest BCUT2D eigenvalue weighted by molar-refractivity contribution is 6.18. The number of carboxylic acids is 2. The van der Waals surface area contributed by atoms with Crippen LogP contribution in [0, 0.1) is 0 Å². The topological polar surface area (TPSA) is 125 Å². The van der Waals surface area contributed by atoms with Gasteiger partial charge in [0.1, 0.15) is 17.1 Å². The molecular weight excluding hydrogens is 412 g/mol. The van der Waals surface area contributed by atoms with Crippen LogP contribution in [0.5, 0.6) is 5.75 Å². The SMILES string of the molecule is O=C(O)c1ccc(-c2c3ccc(=O)cc-3oc3ccc4ccc(O)cc4c23)c(C(=O)O)c1. The van der Waals surface area contributed by atoms with Crippen molar-refractivity contribution in [2.75, 3.05) is 0 Å². The van der Waals surface area contributed by atoms with Crippen LogP contribution in [0.25, 0.3) is 44.2 Å². The zero-order valence-corrected chi connectivity index (χ0v) is 16.3. The highest BCUT2D eigenvalue weighted by Crippen LogP contribution is 2.44. The molecule has 0 saturated carbocycles. The molecule has 0 spiro atoms. The number of fused-ring (bicyclic) bond motifs is 4. The van der Waals surface area contributed by atoms with Crippen LogP contribution in [0.15, 0.2) is 75.9 Å². The van der Waals surface area contributed by atoms with Gasteiger partial charge in [0.05, 0.1) is 11.1 Å². The van der Waals surface area contributed by atoms with Crippen LogP contribution >= 0.6 is 0 Å². The maximum atomic E-state index is 12.1. The van der Waals surface area contributed by atoms with Gasteiger partial charge in [-0.2, -0.15) is 0 Å². The Morgan fingerprint density at radius 1 is 0.781 bits per heavy atom. The van der Waals surface area contributed by atoms with Crippen LogP contribution in [0.1, 0.15) is 20.7 Å². The van der Waals surface area contributed by atoms with E-state index in [0.717, 1.165) is 11.5 Å². The molecule has 7 nitrogen and oxygen atoms in total. The third-order valence-electron chi connectivity index (χ3n) is 5.43. The van der Waals surface area contributed by atoms with E-state index in [1.807, 2.05) is 0 Å². The Bertz CT molecular complexity index is 1610. The summed E-state index contributed by atoms with van der Waals surface area (Å²) in [5, 5.41) is 31.2. The Hall–Kier alpha value is -4.65. The molecule has 156 valence electrons. The van der Waals surface area contributed by atoms with Crippen molar-refractivity contribution in [2.24, 2.45) is 0 Å². The quantitative estimate of drug-likeness (QED) is 0.279. The molecule has 0 fully saturated rings. The van der Waals surface area contributed by atoms with Gasteiger partial charge in [-0.25, -0.2) is 9.59 Å². The summed E-state index contributed by atoms with van der Waals surface area (Å²) in [7, 11) is 0. The Labute approximate surface area is 179 Å². The molecule has 2 aliphatic rings. The number of rotatable bonds is 3. The van der Waals surface area contributed by atoms with E-state index in [4.69, 9.17) is 4.42 Å². The normalized spacial score (nSPS) is 11.2. The molecule has 0 unspecified atom stereocenters. The minimum atomic E-state index is -1.30. The lowest BCUT2D eigenvalue weighted by Crippen LogP contribution is -2.06. The first-order chi connectivity index (χ1) is 15.3. The van der Waals surface area contributed by atoms with Crippen molar-refractivity contribution in [3.63, 3.8) is 0 Å². The standard InChI is InChI=1S/C25H14O7/c26-14-4-1-12-3-8-20-23(18(12)10-14)22(17-7-5-15(27)11-21(17)32-20)16-6-2-13(24(28)29)9-19(16)25(30)31/h1-11,26H,(H,28,29)(H,30,31). The fourth-order valence-corrected chi connectivity index (χ4v) is 4.03. The van der Waals surface area contributed by atoms with E-state index in [1.165, 1.54) is 24.3 Å². The van der Waals surface area contributed by atoms with E-state index in [1.54, 1.807) is 36.4 Å². The monoisotopic (exact) mass is 426 g/mol. The zero-order chi connectivity index (χ0) is 22.6. The fourth-order valence-electron chi connectivity index (χ4n) is 4.03. The van der Waals surface area contributed by atoms with Crippen LogP contribution in [0.3, 0.4) is 0 Å². The Balaban J connectivity index is 2.04. The molecule has 7 heteroatoms. The molecule has 0 amide bonds. The van der Waals surface area contributed by atoms with E-state index >= 15 is 0 Å². The smallest absolute Gasteiger partial charge is 0.336 e. The first-order valence-electron chi connectivity index (χ1n) is 9.57. The molecule has 3 N–H and O–H groups in total. The summed E-state index contributed by atoms with van der Waals surface area (Å²) < 4.78 is 5.98. The van der Waals surface area contributed by atoms with Crippen molar-refractivity contribution in [3.05, 3.63) is 88.1 Å². The lowest BCUT2D eigenvalue weighted by atomic mass is 9.88. The number of phenols is 1. The second kappa shape index (κ2) is 6.95. The first-order valence-corrected chi connectivity index (χ1v) is 9.57. The molecule has 0 aromatic heterocycles. The molecule has 3 aromatic carbocycles. The number of carboxylic acid groups (broad SMARTS) is 2. The van der Waals surface area contributed by atoms with Gasteiger partial charge in [-0.15, -0.1) is 0 Å². The Morgan fingerprint density at radius 3 is 2.28 bits per heavy atom. The van der Waals surface area contributed by atoms with Crippen molar-refractivity contribution < 1.29 is 29.3 Å². The molecule has 1 heterocycles. The molecule has 0 radical (unpaired) electrons. The van der Waals surface area contributed by atoms with E-state index in [2.05, 4.69) is 0 Å². The molecule has 0 atom stereocenters. The lowest BCUT2D eigenvalue weighted by molar-refractivity contribution is 0.0696. The number of benzene rings is 4. The van der Waals surface area contributed by atoms with Gasteiger partial charge in [0.15, 0.2) is 5.43 Å². The number of phenolic OH excluding ortho intramolecular Hbond substituents is 1. The first kappa shape index (κ1) is 19.3. The predicted octanol–water partition coefficient (Wildman–Crippen LogP) is 4.82. The van der Waals surface area contributed by atoms with Crippen molar-refractivity contribution in [3.8, 4) is 28.2 Å². The number of carbonyl (C=O) groups is 2. The van der Waals surface area contributed by atoms with Gasteiger partial charge in [-0.3, -0.25) is 4.79 Å². The molecule has 0 saturated heterocycles. The Morgan fingerprint density at radius 2 is 1.53 bits per heavy atom. The van der Waals surface area contributed by atoms with E-state index in [-0.39, 0.29) is 33.6 Å². The van der Waals surface area contributed by atoms with Crippen molar-refractivity contribution in [1.82, 2.24) is 0 Å². The van der Waals surface area contributed by atoms with Crippen LogP contribution < -0.4 is 5.43 Å². The van der Waals surface area contributed by atoms with Crippen LogP contribution in [-0.2, 0) is 0 Å². The summed E-state index contributed by atoms with van der Waals surface area (Å²) in [5.41, 5.74) is 0.958. The van der Waals surface area contributed by atoms with Gasteiger partial charge in [-0.05, 0) is 58.8 Å². The third-order valence-corrected chi connectivity index (χ3v) is 5.43. The summed E-state index contributed by atoms with van der Waals surface area (Å²) in [6, 6.07) is 16.4. The molecule has 3 aromatic rings. The lowest BCUT2D eigenvalue weighted by Gasteiger charge is -2.18. The zero-order valence-electron chi connectivity index (χ0n) is 16.3. The average molecular weight is 426 g/mol. The molecule has 0 bridgehead atoms. The number of hydrogen-bond donors (Lipinski definition) is 3. The second-order valence-corrected chi connectivity index (χ2v) is 7.35. The van der Waals surface area contributed by atoms with Crippen LogP contribution in [0.4, 0.5) is 0 Å². The van der Waals surface area contributed by atoms with E-state index in [9.17, 15) is 29.7 Å². The van der Waals surface area contributed by atoms with Crippen LogP contribution in [0.2, 0.25) is 0 Å². The van der Waals surface area contributed by atoms with Crippen molar-refractivity contribution in [2.45, 2.75) is 0 Å². The van der Waals surface area contributed by atoms with Crippen molar-refractivity contribution in [1.29, 1.82) is 0 Å². The predicted molar refractivity (Wildman–Crippen MR) is 118 cm³/mol. The highest BCUT2D eigenvalue weighted by atomic mass is 16.4. The average Bonchev–Trinajstić information content (AvgIpc) is 2.76. The van der Waals surface area contributed by atoms with Gasteiger partial charge in [0.2, 0.25) is 0 Å². The highest BCUT2D eigenvalue weighted by Gasteiger charge is 2.24. The molecular formula is C25H14O7. The Kier molecular flexibility index (Phi) is 4.20. The maximum absolute atomic E-state index is 12.1. The van der Waals surface area contributed by atoms with E-state index < -0.39 is 11.9 Å². The largest absolute Gasteiger partial charge is 0.508 e. The van der Waals surface area contributed by atoms with Gasteiger partial charge in [-0.1, -0.05) is 18.2 Å². The molecule has 1 aliphatic heterocycles. The minimum Gasteiger partial charge on any atom is -0.508 e. The number of hydrogen-bond acceptors (Lipinski definition) is 5. The minimum absolute atomic E-state index is 0.0191. The number of aromatic carboxylic acids is 2. The molecule has 1 aliphatic carbocycles. The third kappa shape index (κ3) is 2.95. The summed E-state index contributed by atoms with van der Waals surface area (Å²) in [6.45, 7) is 0. The summed E-state index contributed by atoms with van der Waals surface area (Å²) in [5.74, 6) is -2.26. The molecule has 5 rings (SSSR count). The van der Waals surface area contributed by atoms with Crippen LogP contribution in [-0.4, -0.2) is 27.3 Å². The van der Waals surface area contributed by atoms with Gasteiger partial charge in [0, 0.05) is 22.6 Å². The van der Waals surface area contributed by atoms with E-state index in [0.29, 0.717) is 27.5 Å². The van der Waals surface area contributed by atoms with Gasteiger partial charge >= 0.3 is 11.9 Å². The maximum Gasteiger partial charge on any atom is 0.336 e. The summed E-state index contributed by atoms with van der Waals surface area (Å²) >= 11 is 0. The summed E-state index contributed by atoms with van der Waals surface area (Å²) in [4.78, 5) is 35.5. The van der Waals surface area contributed by atoms with Gasteiger partial charge < -0.3 is 19.7 Å². The van der Waals surface area contributed by atoms with Gasteiger partial charge in [0.25, 0.3) is 0 Å². The fraction of sp³-hybridized carbons (Fsp3) is 0. The molecule has 32 heavy (non-hydrogen) atoms. The second-order valence-electron chi connectivity index (χ2n) is 7.35.